The summed E-state index contributed by atoms with van der Waals surface area (Å²) in [7, 11) is 1.69. The zero-order chi connectivity index (χ0) is 24.6. The van der Waals surface area contributed by atoms with E-state index in [0.29, 0.717) is 36.3 Å². The van der Waals surface area contributed by atoms with Crippen molar-refractivity contribution in [2.24, 2.45) is 17.3 Å². The second-order valence-corrected chi connectivity index (χ2v) is 10.5. The quantitative estimate of drug-likeness (QED) is 0.536. The Morgan fingerprint density at radius 1 is 1.23 bits per heavy atom. The summed E-state index contributed by atoms with van der Waals surface area (Å²) < 4.78 is 5.43. The lowest BCUT2D eigenvalue weighted by Gasteiger charge is -2.50. The summed E-state index contributed by atoms with van der Waals surface area (Å²) in [6, 6.07) is 8.30. The molecule has 3 aliphatic carbocycles. The van der Waals surface area contributed by atoms with Crippen LogP contribution in [0.2, 0.25) is 0 Å². The number of nitrogens with zero attached hydrogens (tertiary/aromatic N) is 1. The molecular formula is C29H34N2O4. The standard InChI is InChI=1S/C29H34N2O4/c1-29-12-11-23-22-7-6-19(28(34)31-13-3-4-27(32)33)14-18(22)5-8-24(23)26(29)10-9-25(29)20-15-21(35-2)17-30-16-20/h6-7,9,14-17,23-24,26H,3-5,8,10-13H2,1-2H3,(H,31,34)(H,32,33)/t23?,24?,26?,29-/m1/s1. The minimum Gasteiger partial charge on any atom is -0.495 e. The van der Waals surface area contributed by atoms with Crippen molar-refractivity contribution in [3.05, 3.63) is 65.0 Å². The smallest absolute Gasteiger partial charge is 0.303 e. The molecule has 0 bridgehead atoms. The minimum atomic E-state index is -0.837. The van der Waals surface area contributed by atoms with Crippen LogP contribution in [0.1, 0.15) is 78.4 Å². The van der Waals surface area contributed by atoms with Crippen molar-refractivity contribution >= 4 is 17.4 Å². The van der Waals surface area contributed by atoms with Gasteiger partial charge in [0.05, 0.1) is 13.3 Å². The fourth-order valence-corrected chi connectivity index (χ4v) is 6.96. The second kappa shape index (κ2) is 9.48. The van der Waals surface area contributed by atoms with Gasteiger partial charge in [0.1, 0.15) is 5.75 Å². The Kier molecular flexibility index (Phi) is 6.39. The molecule has 1 amide bonds. The predicted molar refractivity (Wildman–Crippen MR) is 134 cm³/mol. The molecule has 0 spiro atoms. The topological polar surface area (TPSA) is 88.5 Å². The summed E-state index contributed by atoms with van der Waals surface area (Å²) in [6.07, 6.45) is 12.2. The van der Waals surface area contributed by atoms with Gasteiger partial charge in [-0.2, -0.15) is 0 Å². The van der Waals surface area contributed by atoms with Crippen LogP contribution < -0.4 is 10.1 Å². The molecule has 0 aliphatic heterocycles. The van der Waals surface area contributed by atoms with Crippen molar-refractivity contribution in [3.63, 3.8) is 0 Å². The van der Waals surface area contributed by atoms with E-state index in [9.17, 15) is 9.59 Å². The van der Waals surface area contributed by atoms with Gasteiger partial charge in [-0.3, -0.25) is 14.6 Å². The molecule has 1 aromatic heterocycles. The number of aryl methyl sites for hydroxylation is 1. The highest BCUT2D eigenvalue weighted by Gasteiger charge is 2.52. The molecule has 1 aromatic carbocycles. The number of aromatic nitrogens is 1. The summed E-state index contributed by atoms with van der Waals surface area (Å²) in [5.74, 6) is 1.65. The Morgan fingerprint density at radius 3 is 2.89 bits per heavy atom. The van der Waals surface area contributed by atoms with Gasteiger partial charge in [-0.1, -0.05) is 19.1 Å². The number of carbonyl (C=O) groups excluding carboxylic acids is 1. The van der Waals surface area contributed by atoms with Crippen LogP contribution in [0, 0.1) is 17.3 Å². The van der Waals surface area contributed by atoms with Gasteiger partial charge in [0.25, 0.3) is 5.91 Å². The Hall–Kier alpha value is -3.15. The molecule has 0 saturated heterocycles. The van der Waals surface area contributed by atoms with E-state index in [1.54, 1.807) is 13.3 Å². The first-order valence-electron chi connectivity index (χ1n) is 12.7. The molecule has 1 fully saturated rings. The number of methoxy groups -OCH3 is 1. The van der Waals surface area contributed by atoms with Crippen LogP contribution in [0.25, 0.3) is 5.57 Å². The number of allylic oxidation sites excluding steroid dienone is 2. The fourth-order valence-electron chi connectivity index (χ4n) is 6.96. The third-order valence-corrected chi connectivity index (χ3v) is 8.68. The van der Waals surface area contributed by atoms with Crippen LogP contribution in [-0.4, -0.2) is 35.6 Å². The third-order valence-electron chi connectivity index (χ3n) is 8.68. The van der Waals surface area contributed by atoms with Crippen molar-refractivity contribution in [3.8, 4) is 5.75 Å². The Balaban J connectivity index is 1.31. The predicted octanol–water partition coefficient (Wildman–Crippen LogP) is 5.23. The van der Waals surface area contributed by atoms with Gasteiger partial charge in [0.15, 0.2) is 0 Å². The lowest BCUT2D eigenvalue weighted by molar-refractivity contribution is -0.137. The van der Waals surface area contributed by atoms with Crippen LogP contribution in [0.4, 0.5) is 0 Å². The van der Waals surface area contributed by atoms with Crippen molar-refractivity contribution in [1.82, 2.24) is 10.3 Å². The molecule has 184 valence electrons. The highest BCUT2D eigenvalue weighted by molar-refractivity contribution is 5.94. The molecule has 2 N–H and O–H groups in total. The Bertz CT molecular complexity index is 1170. The number of carbonyl (C=O) groups is 2. The first-order chi connectivity index (χ1) is 16.9. The maximum atomic E-state index is 12.6. The number of nitrogens with one attached hydrogen (secondary N) is 1. The number of hydrogen-bond acceptors (Lipinski definition) is 4. The van der Waals surface area contributed by atoms with Crippen molar-refractivity contribution in [2.75, 3.05) is 13.7 Å². The highest BCUT2D eigenvalue weighted by Crippen LogP contribution is 2.63. The van der Waals surface area contributed by atoms with Crippen molar-refractivity contribution in [1.29, 1.82) is 0 Å². The molecule has 1 heterocycles. The summed E-state index contributed by atoms with van der Waals surface area (Å²) in [6.45, 7) is 2.82. The van der Waals surface area contributed by atoms with Crippen LogP contribution in [0.15, 0.2) is 42.7 Å². The zero-order valence-corrected chi connectivity index (χ0v) is 20.5. The number of carboxylic acids is 1. The Labute approximate surface area is 206 Å². The van der Waals surface area contributed by atoms with Gasteiger partial charge in [0.2, 0.25) is 0 Å². The number of carboxylic acid groups (broad SMARTS) is 1. The second-order valence-electron chi connectivity index (χ2n) is 10.5. The van der Waals surface area contributed by atoms with E-state index in [4.69, 9.17) is 9.84 Å². The molecule has 6 nitrogen and oxygen atoms in total. The first-order valence-corrected chi connectivity index (χ1v) is 12.7. The maximum absolute atomic E-state index is 12.6. The fraction of sp³-hybridized carbons (Fsp3) is 0.483. The Morgan fingerprint density at radius 2 is 2.09 bits per heavy atom. The van der Waals surface area contributed by atoms with Gasteiger partial charge < -0.3 is 15.2 Å². The summed E-state index contributed by atoms with van der Waals surface area (Å²) in [5, 5.41) is 11.6. The number of fused-ring (bicyclic) bond motifs is 5. The molecule has 1 saturated carbocycles. The first kappa shape index (κ1) is 23.6. The van der Waals surface area contributed by atoms with Gasteiger partial charge in [-0.25, -0.2) is 0 Å². The van der Waals surface area contributed by atoms with Crippen molar-refractivity contribution in [2.45, 2.75) is 57.8 Å². The molecule has 5 rings (SSSR count). The largest absolute Gasteiger partial charge is 0.495 e. The summed E-state index contributed by atoms with van der Waals surface area (Å²) in [5.41, 5.74) is 6.16. The average Bonchev–Trinajstić information content (AvgIpc) is 3.23. The number of benzene rings is 1. The minimum absolute atomic E-state index is 0.0680. The normalized spacial score (nSPS) is 26.7. The molecule has 0 radical (unpaired) electrons. The van der Waals surface area contributed by atoms with Crippen LogP contribution in [-0.2, 0) is 11.2 Å². The summed E-state index contributed by atoms with van der Waals surface area (Å²) >= 11 is 0. The van der Waals surface area contributed by atoms with Crippen LogP contribution in [0.3, 0.4) is 0 Å². The number of aliphatic carboxylic acids is 1. The van der Waals surface area contributed by atoms with E-state index in [1.807, 2.05) is 12.3 Å². The maximum Gasteiger partial charge on any atom is 0.303 e. The van der Waals surface area contributed by atoms with E-state index in [2.05, 4.69) is 41.5 Å². The van der Waals surface area contributed by atoms with E-state index in [1.165, 1.54) is 22.3 Å². The number of hydrogen-bond donors (Lipinski definition) is 2. The van der Waals surface area contributed by atoms with Crippen LogP contribution >= 0.6 is 0 Å². The van der Waals surface area contributed by atoms with Gasteiger partial charge in [0, 0.05) is 24.7 Å². The number of pyridine rings is 1. The molecule has 6 heteroatoms. The molecule has 4 atom stereocenters. The van der Waals surface area contributed by atoms with Gasteiger partial charge >= 0.3 is 5.97 Å². The van der Waals surface area contributed by atoms with Crippen molar-refractivity contribution < 1.29 is 19.4 Å². The SMILES string of the molecule is COc1cncc(C2=CCC3C4CCc5cc(C(=O)NCCCC(=O)O)ccc5C4CC[C@]23C)c1. The highest BCUT2D eigenvalue weighted by atomic mass is 16.5. The molecule has 2 aromatic rings. The third kappa shape index (κ3) is 4.35. The number of ether oxygens (including phenoxy) is 1. The summed E-state index contributed by atoms with van der Waals surface area (Å²) in [4.78, 5) is 27.7. The monoisotopic (exact) mass is 474 g/mol. The lowest BCUT2D eigenvalue weighted by Crippen LogP contribution is -2.41. The van der Waals surface area contributed by atoms with E-state index in [-0.39, 0.29) is 17.7 Å². The molecular weight excluding hydrogens is 440 g/mol. The van der Waals surface area contributed by atoms with E-state index in [0.717, 1.165) is 37.9 Å². The molecule has 3 unspecified atom stereocenters. The number of rotatable bonds is 7. The number of amides is 1. The lowest BCUT2D eigenvalue weighted by atomic mass is 9.54. The van der Waals surface area contributed by atoms with Crippen LogP contribution in [0.5, 0.6) is 5.75 Å². The van der Waals surface area contributed by atoms with E-state index < -0.39 is 5.97 Å². The van der Waals surface area contributed by atoms with E-state index >= 15 is 0 Å². The van der Waals surface area contributed by atoms with Gasteiger partial charge in [-0.05, 0) is 102 Å². The molecule has 35 heavy (non-hydrogen) atoms. The molecule has 3 aliphatic rings. The average molecular weight is 475 g/mol. The zero-order valence-electron chi connectivity index (χ0n) is 20.5. The van der Waals surface area contributed by atoms with Gasteiger partial charge in [-0.15, -0.1) is 0 Å².